The number of benzene rings is 3. The van der Waals surface area contributed by atoms with Crippen LogP contribution in [0.1, 0.15) is 46.4 Å². The van der Waals surface area contributed by atoms with Crippen LogP contribution in [0.15, 0.2) is 90.6 Å². The number of aliphatic hydroxyl groups is 1. The second kappa shape index (κ2) is 13.8. The van der Waals surface area contributed by atoms with E-state index in [9.17, 15) is 5.11 Å². The van der Waals surface area contributed by atoms with E-state index < -0.39 is 6.10 Å². The zero-order chi connectivity index (χ0) is 29.6. The molecule has 0 saturated carbocycles. The Kier molecular flexibility index (Phi) is 9.42. The SMILES string of the molecule is COc1cccc(CCc2ccccc2OCC(O)CN2CCC(=C3c4ccc(Cl)cc4CCc4cccnc43)CC2)c1. The van der Waals surface area contributed by atoms with Crippen molar-refractivity contribution in [3.63, 3.8) is 0 Å². The molecule has 222 valence electrons. The molecule has 0 bridgehead atoms. The van der Waals surface area contributed by atoms with Gasteiger partial charge in [0.05, 0.1) is 12.8 Å². The minimum absolute atomic E-state index is 0.270. The number of methoxy groups -OCH3 is 1. The maximum Gasteiger partial charge on any atom is 0.122 e. The van der Waals surface area contributed by atoms with E-state index in [0.29, 0.717) is 6.54 Å². The van der Waals surface area contributed by atoms with Crippen LogP contribution in [-0.4, -0.2) is 54.4 Å². The van der Waals surface area contributed by atoms with E-state index in [1.54, 1.807) is 7.11 Å². The number of pyridine rings is 1. The third kappa shape index (κ3) is 7.13. The number of likely N-dealkylation sites (tertiary alicyclic amines) is 1. The molecule has 0 radical (unpaired) electrons. The topological polar surface area (TPSA) is 54.8 Å². The first-order chi connectivity index (χ1) is 21.1. The molecule has 1 unspecified atom stereocenters. The fourth-order valence-electron chi connectivity index (χ4n) is 6.38. The summed E-state index contributed by atoms with van der Waals surface area (Å²) in [6.07, 6.45) is 6.93. The number of hydrogen-bond acceptors (Lipinski definition) is 5. The highest BCUT2D eigenvalue weighted by Crippen LogP contribution is 2.38. The number of para-hydroxylation sites is 1. The number of nitrogens with zero attached hydrogens (tertiary/aromatic N) is 2. The Labute approximate surface area is 259 Å². The molecule has 1 N–H and O–H groups in total. The van der Waals surface area contributed by atoms with E-state index in [4.69, 9.17) is 26.1 Å². The van der Waals surface area contributed by atoms with Crippen LogP contribution >= 0.6 is 11.6 Å². The minimum Gasteiger partial charge on any atom is -0.497 e. The standard InChI is InChI=1S/C37H39ClN2O3/c1-42-33-9-4-6-26(22-33)11-12-27-7-2-3-10-35(27)43-25-32(41)24-40-20-17-28(18-21-40)36-34-16-15-31(38)23-30(34)14-13-29-8-5-19-39-37(29)36/h2-10,15-16,19,22-23,32,41H,11-14,17-18,20-21,24-25H2,1H3. The van der Waals surface area contributed by atoms with Gasteiger partial charge in [0, 0.05) is 36.4 Å². The largest absolute Gasteiger partial charge is 0.497 e. The highest BCUT2D eigenvalue weighted by Gasteiger charge is 2.26. The van der Waals surface area contributed by atoms with Crippen LogP contribution in [0.4, 0.5) is 0 Å². The van der Waals surface area contributed by atoms with Crippen LogP contribution in [0.25, 0.3) is 5.57 Å². The highest BCUT2D eigenvalue weighted by molar-refractivity contribution is 6.30. The average Bonchev–Trinajstić information content (AvgIpc) is 3.20. The third-order valence-electron chi connectivity index (χ3n) is 8.63. The van der Waals surface area contributed by atoms with Crippen molar-refractivity contribution in [2.75, 3.05) is 33.4 Å². The van der Waals surface area contributed by atoms with Crippen molar-refractivity contribution >= 4 is 17.2 Å². The van der Waals surface area contributed by atoms with Crippen LogP contribution in [0.5, 0.6) is 11.5 Å². The number of fused-ring (bicyclic) bond motifs is 2. The Bertz CT molecular complexity index is 1590. The number of aliphatic hydroxyl groups excluding tert-OH is 1. The number of hydrogen-bond donors (Lipinski definition) is 1. The van der Waals surface area contributed by atoms with Crippen LogP contribution in [0.2, 0.25) is 5.02 Å². The Morgan fingerprint density at radius 3 is 2.58 bits per heavy atom. The van der Waals surface area contributed by atoms with Crippen molar-refractivity contribution in [2.45, 2.75) is 44.6 Å². The molecule has 0 spiro atoms. The smallest absolute Gasteiger partial charge is 0.122 e. The number of aryl methyl sites for hydroxylation is 4. The summed E-state index contributed by atoms with van der Waals surface area (Å²) in [5.74, 6) is 1.71. The molecular weight excluding hydrogens is 556 g/mol. The molecule has 1 fully saturated rings. The Balaban J connectivity index is 1.07. The van der Waals surface area contributed by atoms with E-state index in [-0.39, 0.29) is 6.61 Å². The van der Waals surface area contributed by atoms with Crippen LogP contribution in [0.3, 0.4) is 0 Å². The van der Waals surface area contributed by atoms with Gasteiger partial charge in [0.2, 0.25) is 0 Å². The molecule has 2 aliphatic rings. The lowest BCUT2D eigenvalue weighted by Gasteiger charge is -2.31. The second-order valence-electron chi connectivity index (χ2n) is 11.5. The third-order valence-corrected chi connectivity index (χ3v) is 8.87. The van der Waals surface area contributed by atoms with Gasteiger partial charge in [0.1, 0.15) is 24.2 Å². The summed E-state index contributed by atoms with van der Waals surface area (Å²) in [5, 5.41) is 11.7. The van der Waals surface area contributed by atoms with Gasteiger partial charge in [-0.2, -0.15) is 0 Å². The van der Waals surface area contributed by atoms with Gasteiger partial charge in [-0.3, -0.25) is 9.88 Å². The fraction of sp³-hybridized carbons (Fsp3) is 0.324. The summed E-state index contributed by atoms with van der Waals surface area (Å²) in [7, 11) is 1.69. The van der Waals surface area contributed by atoms with E-state index in [2.05, 4.69) is 41.3 Å². The van der Waals surface area contributed by atoms with Crippen LogP contribution in [-0.2, 0) is 25.7 Å². The molecule has 1 saturated heterocycles. The number of aromatic nitrogens is 1. The normalized spacial score (nSPS) is 15.8. The maximum atomic E-state index is 10.9. The van der Waals surface area contributed by atoms with Crippen LogP contribution in [0, 0.1) is 0 Å². The van der Waals surface area contributed by atoms with Gasteiger partial charge in [-0.1, -0.05) is 59.6 Å². The first-order valence-corrected chi connectivity index (χ1v) is 15.6. The second-order valence-corrected chi connectivity index (χ2v) is 12.0. The van der Waals surface area contributed by atoms with Crippen molar-refractivity contribution in [1.82, 2.24) is 9.88 Å². The summed E-state index contributed by atoms with van der Waals surface area (Å²) in [4.78, 5) is 7.21. The molecule has 1 aromatic heterocycles. The summed E-state index contributed by atoms with van der Waals surface area (Å²) in [6.45, 7) is 2.66. The molecule has 1 atom stereocenters. The van der Waals surface area contributed by atoms with Gasteiger partial charge in [0.15, 0.2) is 0 Å². The van der Waals surface area contributed by atoms with Gasteiger partial charge >= 0.3 is 0 Å². The van der Waals surface area contributed by atoms with Crippen molar-refractivity contribution in [2.24, 2.45) is 0 Å². The summed E-state index contributed by atoms with van der Waals surface area (Å²) in [6, 6.07) is 26.8. The summed E-state index contributed by atoms with van der Waals surface area (Å²) in [5.41, 5.74) is 10.1. The van der Waals surface area contributed by atoms with Crippen molar-refractivity contribution in [1.29, 1.82) is 0 Å². The molecule has 5 nitrogen and oxygen atoms in total. The highest BCUT2D eigenvalue weighted by atomic mass is 35.5. The van der Waals surface area contributed by atoms with E-state index in [1.165, 1.54) is 33.4 Å². The predicted molar refractivity (Wildman–Crippen MR) is 173 cm³/mol. The first kappa shape index (κ1) is 29.4. The zero-order valence-electron chi connectivity index (χ0n) is 24.8. The van der Waals surface area contributed by atoms with Gasteiger partial charge in [-0.05, 0) is 103 Å². The molecule has 2 heterocycles. The first-order valence-electron chi connectivity index (χ1n) is 15.3. The van der Waals surface area contributed by atoms with Crippen molar-refractivity contribution < 1.29 is 14.6 Å². The van der Waals surface area contributed by atoms with Gasteiger partial charge in [0.25, 0.3) is 0 Å². The quantitative estimate of drug-likeness (QED) is 0.227. The minimum atomic E-state index is -0.566. The molecule has 6 heteroatoms. The molecular formula is C37H39ClN2O3. The maximum absolute atomic E-state index is 10.9. The summed E-state index contributed by atoms with van der Waals surface area (Å²) < 4.78 is 11.5. The van der Waals surface area contributed by atoms with Gasteiger partial charge in [-0.25, -0.2) is 0 Å². The van der Waals surface area contributed by atoms with Crippen molar-refractivity contribution in [3.8, 4) is 11.5 Å². The van der Waals surface area contributed by atoms with E-state index in [0.717, 1.165) is 79.4 Å². The number of β-amino-alcohol motifs (C(OH)–C–C–N with tert-alkyl or cyclic N) is 1. The lowest BCUT2D eigenvalue weighted by molar-refractivity contribution is 0.0653. The fourth-order valence-corrected chi connectivity index (χ4v) is 6.58. The van der Waals surface area contributed by atoms with Crippen LogP contribution < -0.4 is 9.47 Å². The molecule has 43 heavy (non-hydrogen) atoms. The molecule has 1 aliphatic heterocycles. The lowest BCUT2D eigenvalue weighted by atomic mass is 9.88. The number of piperidine rings is 1. The Hall–Kier alpha value is -3.64. The monoisotopic (exact) mass is 594 g/mol. The van der Waals surface area contributed by atoms with Gasteiger partial charge < -0.3 is 14.6 Å². The van der Waals surface area contributed by atoms with E-state index >= 15 is 0 Å². The molecule has 4 aromatic rings. The Morgan fingerprint density at radius 2 is 1.72 bits per heavy atom. The molecule has 3 aromatic carbocycles. The molecule has 1 aliphatic carbocycles. The summed E-state index contributed by atoms with van der Waals surface area (Å²) >= 11 is 6.39. The van der Waals surface area contributed by atoms with E-state index in [1.807, 2.05) is 48.7 Å². The predicted octanol–water partition coefficient (Wildman–Crippen LogP) is 6.97. The number of halogens is 1. The average molecular weight is 595 g/mol. The number of rotatable bonds is 9. The van der Waals surface area contributed by atoms with Gasteiger partial charge in [-0.15, -0.1) is 0 Å². The molecule has 6 rings (SSSR count). The van der Waals surface area contributed by atoms with Crippen molar-refractivity contribution in [3.05, 3.63) is 129 Å². The number of ether oxygens (including phenoxy) is 2. The zero-order valence-corrected chi connectivity index (χ0v) is 25.5. The molecule has 0 amide bonds. The Morgan fingerprint density at radius 1 is 0.884 bits per heavy atom. The lowest BCUT2D eigenvalue weighted by Crippen LogP contribution is -2.39.